The van der Waals surface area contributed by atoms with E-state index >= 15 is 0 Å². The van der Waals surface area contributed by atoms with E-state index in [1.54, 1.807) is 0 Å². The molecule has 1 amide bonds. The predicted octanol–water partition coefficient (Wildman–Crippen LogP) is 1.40. The molecule has 2 aromatic heterocycles. The van der Waals surface area contributed by atoms with E-state index in [-0.39, 0.29) is 11.9 Å². The number of hydrazine groups is 1. The molecule has 20 heavy (non-hydrogen) atoms. The van der Waals surface area contributed by atoms with Crippen LogP contribution in [-0.2, 0) is 5.75 Å². The number of amides is 1. The van der Waals surface area contributed by atoms with Crippen LogP contribution in [0.5, 0.6) is 0 Å². The van der Waals surface area contributed by atoms with Crippen molar-refractivity contribution in [1.29, 1.82) is 0 Å². The Bertz CT molecular complexity index is 606. The topological polar surface area (TPSA) is 112 Å². The molecule has 0 atom stereocenters. The fourth-order valence-electron chi connectivity index (χ4n) is 1.73. The van der Waals surface area contributed by atoms with Crippen LogP contribution in [0.25, 0.3) is 0 Å². The molecule has 0 aliphatic rings. The van der Waals surface area contributed by atoms with Crippen LogP contribution in [0.1, 0.15) is 35.1 Å². The van der Waals surface area contributed by atoms with Gasteiger partial charge in [-0.25, -0.2) is 5.84 Å². The Labute approximate surface area is 124 Å². The second-order valence-corrected chi connectivity index (χ2v) is 6.20. The van der Waals surface area contributed by atoms with Crippen LogP contribution in [0.4, 0.5) is 5.95 Å². The predicted molar refractivity (Wildman–Crippen MR) is 80.4 cm³/mol. The molecule has 0 saturated carbocycles. The molecular weight excluding hydrogens is 296 g/mol. The van der Waals surface area contributed by atoms with Crippen LogP contribution in [-0.4, -0.2) is 20.7 Å². The highest BCUT2D eigenvalue weighted by Gasteiger charge is 2.16. The molecule has 0 radical (unpaired) electrons. The van der Waals surface area contributed by atoms with E-state index in [0.717, 1.165) is 10.7 Å². The number of nitrogens with one attached hydrogen (secondary N) is 1. The van der Waals surface area contributed by atoms with E-state index in [1.165, 1.54) is 23.1 Å². The first-order valence-corrected chi connectivity index (χ1v) is 7.81. The highest BCUT2D eigenvalue weighted by atomic mass is 32.2. The van der Waals surface area contributed by atoms with Gasteiger partial charge in [0.05, 0.1) is 4.88 Å². The summed E-state index contributed by atoms with van der Waals surface area (Å²) in [5.74, 6) is 5.89. The van der Waals surface area contributed by atoms with Gasteiger partial charge in [-0.2, -0.15) is 0 Å². The maximum atomic E-state index is 11.6. The molecule has 5 N–H and O–H groups in total. The Morgan fingerprint density at radius 2 is 2.30 bits per heavy atom. The van der Waals surface area contributed by atoms with Crippen LogP contribution >= 0.6 is 23.1 Å². The summed E-state index contributed by atoms with van der Waals surface area (Å²) in [6, 6.07) is 2.09. The average Bonchev–Trinajstić information content (AvgIpc) is 3.01. The van der Waals surface area contributed by atoms with E-state index in [0.29, 0.717) is 16.6 Å². The van der Waals surface area contributed by atoms with Gasteiger partial charge >= 0.3 is 0 Å². The number of hydrogen-bond acceptors (Lipinski definition) is 7. The van der Waals surface area contributed by atoms with E-state index in [4.69, 9.17) is 11.6 Å². The molecule has 2 rings (SSSR count). The zero-order valence-electron chi connectivity index (χ0n) is 11.2. The third kappa shape index (κ3) is 2.94. The normalized spacial score (nSPS) is 11.0. The third-order valence-corrected chi connectivity index (χ3v) is 4.60. The fourth-order valence-corrected chi connectivity index (χ4v) is 3.71. The van der Waals surface area contributed by atoms with Gasteiger partial charge in [0.2, 0.25) is 5.95 Å². The first-order chi connectivity index (χ1) is 9.54. The molecule has 0 saturated heterocycles. The minimum Gasteiger partial charge on any atom is -0.368 e. The second-order valence-electron chi connectivity index (χ2n) is 4.34. The van der Waals surface area contributed by atoms with E-state index in [2.05, 4.69) is 15.6 Å². The van der Waals surface area contributed by atoms with Gasteiger partial charge in [0.15, 0.2) is 5.16 Å². The van der Waals surface area contributed by atoms with Crippen LogP contribution < -0.4 is 17.0 Å². The summed E-state index contributed by atoms with van der Waals surface area (Å²) >= 11 is 2.85. The van der Waals surface area contributed by atoms with Gasteiger partial charge in [0.1, 0.15) is 0 Å². The number of hydrogen-bond donors (Lipinski definition) is 3. The standard InChI is InChI=1S/C11H16N6OS2/c1-6(2)17-10(12)15-16-11(17)20-5-7-3-4-19-8(7)9(18)14-13/h3-4,6H,5,13H2,1-2H3,(H2,12,15)(H,14,18). The Morgan fingerprint density at radius 1 is 1.55 bits per heavy atom. The lowest BCUT2D eigenvalue weighted by Gasteiger charge is -2.11. The molecule has 0 unspecified atom stereocenters. The van der Waals surface area contributed by atoms with Crippen molar-refractivity contribution in [2.24, 2.45) is 5.84 Å². The number of rotatable bonds is 5. The van der Waals surface area contributed by atoms with Crippen molar-refractivity contribution in [2.45, 2.75) is 30.8 Å². The first-order valence-electron chi connectivity index (χ1n) is 5.95. The molecule has 0 aliphatic heterocycles. The van der Waals surface area contributed by atoms with Crippen molar-refractivity contribution in [3.8, 4) is 0 Å². The first kappa shape index (κ1) is 14.8. The van der Waals surface area contributed by atoms with Crippen molar-refractivity contribution in [3.63, 3.8) is 0 Å². The maximum absolute atomic E-state index is 11.6. The van der Waals surface area contributed by atoms with Crippen molar-refractivity contribution < 1.29 is 4.79 Å². The van der Waals surface area contributed by atoms with Crippen LogP contribution in [0.3, 0.4) is 0 Å². The maximum Gasteiger partial charge on any atom is 0.275 e. The molecule has 2 heterocycles. The quantitative estimate of drug-likeness (QED) is 0.333. The van der Waals surface area contributed by atoms with Crippen molar-refractivity contribution in [1.82, 2.24) is 20.2 Å². The largest absolute Gasteiger partial charge is 0.368 e. The van der Waals surface area contributed by atoms with Crippen molar-refractivity contribution in [3.05, 3.63) is 21.9 Å². The van der Waals surface area contributed by atoms with Crippen molar-refractivity contribution in [2.75, 3.05) is 5.73 Å². The molecule has 2 aromatic rings. The van der Waals surface area contributed by atoms with Crippen LogP contribution in [0.15, 0.2) is 16.6 Å². The van der Waals surface area contributed by atoms with Gasteiger partial charge in [-0.15, -0.1) is 21.5 Å². The van der Waals surface area contributed by atoms with E-state index in [1.807, 2.05) is 29.9 Å². The number of anilines is 1. The Morgan fingerprint density at radius 3 is 2.95 bits per heavy atom. The number of thioether (sulfide) groups is 1. The molecule has 9 heteroatoms. The summed E-state index contributed by atoms with van der Waals surface area (Å²) < 4.78 is 1.86. The van der Waals surface area contributed by atoms with Gasteiger partial charge in [0, 0.05) is 11.8 Å². The zero-order chi connectivity index (χ0) is 14.7. The Kier molecular flexibility index (Phi) is 4.63. The van der Waals surface area contributed by atoms with E-state index < -0.39 is 0 Å². The van der Waals surface area contributed by atoms with Gasteiger partial charge in [0.25, 0.3) is 5.91 Å². The fraction of sp³-hybridized carbons (Fsp3) is 0.364. The van der Waals surface area contributed by atoms with Crippen molar-refractivity contribution >= 4 is 35.0 Å². The monoisotopic (exact) mass is 312 g/mol. The number of carbonyl (C=O) groups is 1. The molecule has 108 valence electrons. The lowest BCUT2D eigenvalue weighted by Crippen LogP contribution is -2.29. The highest BCUT2D eigenvalue weighted by molar-refractivity contribution is 7.98. The SMILES string of the molecule is CC(C)n1c(N)nnc1SCc1ccsc1C(=O)NN. The number of nitrogens with zero attached hydrogens (tertiary/aromatic N) is 3. The number of aromatic nitrogens is 3. The lowest BCUT2D eigenvalue weighted by molar-refractivity contribution is 0.0957. The summed E-state index contributed by atoms with van der Waals surface area (Å²) in [6.45, 7) is 4.03. The number of carbonyl (C=O) groups excluding carboxylic acids is 1. The molecule has 0 aromatic carbocycles. The Hall–Kier alpha value is -1.58. The number of nitrogens with two attached hydrogens (primary N) is 2. The van der Waals surface area contributed by atoms with Gasteiger partial charge in [-0.05, 0) is 30.9 Å². The molecule has 0 fully saturated rings. The number of nitrogen functional groups attached to an aromatic ring is 2. The summed E-state index contributed by atoms with van der Waals surface area (Å²) in [6.07, 6.45) is 0. The van der Waals surface area contributed by atoms with E-state index in [9.17, 15) is 4.79 Å². The van der Waals surface area contributed by atoms with Gasteiger partial charge in [-0.3, -0.25) is 14.8 Å². The molecule has 0 bridgehead atoms. The summed E-state index contributed by atoms with van der Waals surface area (Å²) in [5, 5.41) is 10.5. The average molecular weight is 312 g/mol. The van der Waals surface area contributed by atoms with Gasteiger partial charge in [-0.1, -0.05) is 11.8 Å². The molecule has 0 spiro atoms. The minimum absolute atomic E-state index is 0.182. The summed E-state index contributed by atoms with van der Waals surface area (Å²) in [5.41, 5.74) is 8.85. The summed E-state index contributed by atoms with van der Waals surface area (Å²) in [7, 11) is 0. The van der Waals surface area contributed by atoms with Crippen LogP contribution in [0, 0.1) is 0 Å². The Balaban J connectivity index is 2.14. The third-order valence-electron chi connectivity index (χ3n) is 2.65. The highest BCUT2D eigenvalue weighted by Crippen LogP contribution is 2.28. The smallest absolute Gasteiger partial charge is 0.275 e. The summed E-state index contributed by atoms with van der Waals surface area (Å²) in [4.78, 5) is 12.2. The molecule has 0 aliphatic carbocycles. The van der Waals surface area contributed by atoms with Crippen LogP contribution in [0.2, 0.25) is 0 Å². The molecule has 7 nitrogen and oxygen atoms in total. The second kappa shape index (κ2) is 6.25. The minimum atomic E-state index is -0.277. The van der Waals surface area contributed by atoms with Gasteiger partial charge < -0.3 is 5.73 Å². The number of thiophene rings is 1. The zero-order valence-corrected chi connectivity index (χ0v) is 12.8. The lowest BCUT2D eigenvalue weighted by atomic mass is 10.3. The molecular formula is C11H16N6OS2.